The van der Waals surface area contributed by atoms with Gasteiger partial charge in [0.1, 0.15) is 0 Å². The van der Waals surface area contributed by atoms with Crippen LogP contribution in [0, 0.1) is 5.92 Å². The fourth-order valence-electron chi connectivity index (χ4n) is 0.812. The number of hydrogen-bond acceptors (Lipinski definition) is 0. The van der Waals surface area contributed by atoms with Crippen molar-refractivity contribution in [1.29, 1.82) is 0 Å². The van der Waals surface area contributed by atoms with Gasteiger partial charge in [-0.15, -0.1) is 6.58 Å². The first-order valence-corrected chi connectivity index (χ1v) is 3.63. The van der Waals surface area contributed by atoms with E-state index in [0.29, 0.717) is 6.42 Å². The molecular weight excluding hydrogens is 153 g/mol. The number of rotatable bonds is 4. The van der Waals surface area contributed by atoms with E-state index in [1.165, 1.54) is 0 Å². The van der Waals surface area contributed by atoms with E-state index in [9.17, 15) is 13.2 Å². The van der Waals surface area contributed by atoms with Crippen molar-refractivity contribution >= 4 is 0 Å². The second kappa shape index (κ2) is 4.42. The quantitative estimate of drug-likeness (QED) is 0.560. The van der Waals surface area contributed by atoms with E-state index < -0.39 is 12.6 Å². The summed E-state index contributed by atoms with van der Waals surface area (Å²) >= 11 is 0. The molecule has 0 amide bonds. The summed E-state index contributed by atoms with van der Waals surface area (Å²) in [5, 5.41) is 0. The van der Waals surface area contributed by atoms with Crippen LogP contribution < -0.4 is 0 Å². The molecule has 11 heavy (non-hydrogen) atoms. The lowest BCUT2D eigenvalue weighted by molar-refractivity contribution is -0.137. The van der Waals surface area contributed by atoms with Gasteiger partial charge in [0.2, 0.25) is 0 Å². The van der Waals surface area contributed by atoms with E-state index in [1.807, 2.05) is 0 Å². The van der Waals surface area contributed by atoms with Gasteiger partial charge in [0.05, 0.1) is 0 Å². The third-order valence-corrected chi connectivity index (χ3v) is 1.49. The zero-order valence-electron chi connectivity index (χ0n) is 6.62. The molecule has 0 aromatic heterocycles. The van der Waals surface area contributed by atoms with Crippen molar-refractivity contribution in [2.24, 2.45) is 5.92 Å². The van der Waals surface area contributed by atoms with Gasteiger partial charge in [0.15, 0.2) is 0 Å². The minimum absolute atomic E-state index is 0.0918. The van der Waals surface area contributed by atoms with Gasteiger partial charge in [0.25, 0.3) is 0 Å². The summed E-state index contributed by atoms with van der Waals surface area (Å²) < 4.78 is 34.9. The lowest BCUT2D eigenvalue weighted by Gasteiger charge is -2.10. The van der Waals surface area contributed by atoms with Gasteiger partial charge in [-0.1, -0.05) is 13.0 Å². The third kappa shape index (κ3) is 7.43. The molecule has 0 aliphatic heterocycles. The Morgan fingerprint density at radius 1 is 1.45 bits per heavy atom. The van der Waals surface area contributed by atoms with E-state index in [0.717, 1.165) is 0 Å². The number of alkyl halides is 3. The molecule has 0 saturated heterocycles. The molecule has 0 fully saturated rings. The summed E-state index contributed by atoms with van der Waals surface area (Å²) in [6, 6.07) is 0. The average molecular weight is 166 g/mol. The van der Waals surface area contributed by atoms with E-state index in [4.69, 9.17) is 0 Å². The predicted octanol–water partition coefficient (Wildman–Crippen LogP) is 3.54. The van der Waals surface area contributed by atoms with Crippen molar-refractivity contribution < 1.29 is 13.2 Å². The minimum Gasteiger partial charge on any atom is -0.171 e. The summed E-state index contributed by atoms with van der Waals surface area (Å²) in [6.45, 7) is 5.26. The second-order valence-corrected chi connectivity index (χ2v) is 2.78. The Balaban J connectivity index is 3.45. The molecule has 0 heterocycles. The van der Waals surface area contributed by atoms with Gasteiger partial charge in [-0.2, -0.15) is 13.2 Å². The highest BCUT2D eigenvalue weighted by Gasteiger charge is 2.26. The van der Waals surface area contributed by atoms with Gasteiger partial charge >= 0.3 is 6.18 Å². The lowest BCUT2D eigenvalue weighted by Crippen LogP contribution is -2.09. The van der Waals surface area contributed by atoms with Gasteiger partial charge in [-0.05, 0) is 18.8 Å². The maximum Gasteiger partial charge on any atom is 0.389 e. The first-order valence-electron chi connectivity index (χ1n) is 3.63. The Bertz CT molecular complexity index is 115. The first-order chi connectivity index (χ1) is 4.95. The molecule has 0 saturated carbocycles. The molecule has 0 radical (unpaired) electrons. The summed E-state index contributed by atoms with van der Waals surface area (Å²) in [4.78, 5) is 0. The molecule has 0 aromatic carbocycles. The summed E-state index contributed by atoms with van der Waals surface area (Å²) in [5.41, 5.74) is 0. The van der Waals surface area contributed by atoms with Crippen LogP contribution in [0.25, 0.3) is 0 Å². The Hall–Kier alpha value is -0.470. The molecule has 1 unspecified atom stereocenters. The second-order valence-electron chi connectivity index (χ2n) is 2.78. The highest BCUT2D eigenvalue weighted by molar-refractivity contribution is 4.71. The molecule has 1 atom stereocenters. The molecule has 0 spiro atoms. The Morgan fingerprint density at radius 2 is 2.00 bits per heavy atom. The van der Waals surface area contributed by atoms with Gasteiger partial charge in [0, 0.05) is 6.42 Å². The molecule has 0 aromatic rings. The highest BCUT2D eigenvalue weighted by Crippen LogP contribution is 2.24. The predicted molar refractivity (Wildman–Crippen MR) is 39.3 cm³/mol. The molecule has 66 valence electrons. The SMILES string of the molecule is C=CCC(C)CCC(F)(F)F. The lowest BCUT2D eigenvalue weighted by atomic mass is 10.0. The fraction of sp³-hybridized carbons (Fsp3) is 0.750. The van der Waals surface area contributed by atoms with E-state index in [-0.39, 0.29) is 12.3 Å². The van der Waals surface area contributed by atoms with Crippen LogP contribution in [-0.2, 0) is 0 Å². The number of hydrogen-bond donors (Lipinski definition) is 0. The monoisotopic (exact) mass is 166 g/mol. The van der Waals surface area contributed by atoms with Crippen molar-refractivity contribution in [3.05, 3.63) is 12.7 Å². The number of halogens is 3. The zero-order valence-corrected chi connectivity index (χ0v) is 6.62. The Morgan fingerprint density at radius 3 is 2.36 bits per heavy atom. The molecule has 0 nitrogen and oxygen atoms in total. The van der Waals surface area contributed by atoms with E-state index in [1.54, 1.807) is 13.0 Å². The van der Waals surface area contributed by atoms with Crippen LogP contribution in [0.5, 0.6) is 0 Å². The molecular formula is C8H13F3. The minimum atomic E-state index is -4.00. The van der Waals surface area contributed by atoms with Crippen LogP contribution in [-0.4, -0.2) is 6.18 Å². The maximum absolute atomic E-state index is 11.6. The Kier molecular flexibility index (Phi) is 4.23. The standard InChI is InChI=1S/C8H13F3/c1-3-4-7(2)5-6-8(9,10)11/h3,7H,1,4-6H2,2H3. The van der Waals surface area contributed by atoms with Gasteiger partial charge < -0.3 is 0 Å². The molecule has 3 heteroatoms. The van der Waals surface area contributed by atoms with Gasteiger partial charge in [-0.25, -0.2) is 0 Å². The van der Waals surface area contributed by atoms with Crippen LogP contribution in [0.1, 0.15) is 26.2 Å². The summed E-state index contributed by atoms with van der Waals surface area (Å²) in [6.07, 6.45) is -2.16. The molecule has 0 bridgehead atoms. The van der Waals surface area contributed by atoms with Crippen LogP contribution in [0.2, 0.25) is 0 Å². The van der Waals surface area contributed by atoms with Crippen molar-refractivity contribution in [3.8, 4) is 0 Å². The van der Waals surface area contributed by atoms with E-state index in [2.05, 4.69) is 6.58 Å². The molecule has 0 aliphatic rings. The largest absolute Gasteiger partial charge is 0.389 e. The smallest absolute Gasteiger partial charge is 0.171 e. The van der Waals surface area contributed by atoms with E-state index >= 15 is 0 Å². The van der Waals surface area contributed by atoms with Crippen molar-refractivity contribution in [1.82, 2.24) is 0 Å². The molecule has 0 rings (SSSR count). The number of allylic oxidation sites excluding steroid dienone is 1. The Labute approximate surface area is 65.1 Å². The van der Waals surface area contributed by atoms with Crippen LogP contribution in [0.3, 0.4) is 0 Å². The van der Waals surface area contributed by atoms with Crippen molar-refractivity contribution in [2.45, 2.75) is 32.4 Å². The molecule has 0 N–H and O–H groups in total. The van der Waals surface area contributed by atoms with Crippen LogP contribution in [0.4, 0.5) is 13.2 Å². The van der Waals surface area contributed by atoms with Crippen molar-refractivity contribution in [3.63, 3.8) is 0 Å². The highest BCUT2D eigenvalue weighted by atomic mass is 19.4. The van der Waals surface area contributed by atoms with Crippen LogP contribution in [0.15, 0.2) is 12.7 Å². The zero-order chi connectivity index (χ0) is 8.91. The third-order valence-electron chi connectivity index (χ3n) is 1.49. The fourth-order valence-corrected chi connectivity index (χ4v) is 0.812. The first kappa shape index (κ1) is 10.5. The topological polar surface area (TPSA) is 0 Å². The molecule has 0 aliphatic carbocycles. The summed E-state index contributed by atoms with van der Waals surface area (Å²) in [5.74, 6) is 0.0918. The average Bonchev–Trinajstić information content (AvgIpc) is 1.83. The normalized spacial score (nSPS) is 14.5. The van der Waals surface area contributed by atoms with Crippen molar-refractivity contribution in [2.75, 3.05) is 0 Å². The van der Waals surface area contributed by atoms with Crippen LogP contribution >= 0.6 is 0 Å². The summed E-state index contributed by atoms with van der Waals surface area (Å²) in [7, 11) is 0. The van der Waals surface area contributed by atoms with Gasteiger partial charge in [-0.3, -0.25) is 0 Å². The maximum atomic E-state index is 11.6.